The van der Waals surface area contributed by atoms with E-state index < -0.39 is 0 Å². The van der Waals surface area contributed by atoms with Gasteiger partial charge in [0.25, 0.3) is 5.56 Å². The highest BCUT2D eigenvalue weighted by Gasteiger charge is 2.24. The number of benzene rings is 1. The van der Waals surface area contributed by atoms with Gasteiger partial charge in [0.2, 0.25) is 5.91 Å². The van der Waals surface area contributed by atoms with Gasteiger partial charge in [0.1, 0.15) is 5.82 Å². The Balaban J connectivity index is 1.62. The zero-order chi connectivity index (χ0) is 19.3. The van der Waals surface area contributed by atoms with Crippen molar-refractivity contribution in [3.63, 3.8) is 0 Å². The van der Waals surface area contributed by atoms with Crippen LogP contribution < -0.4 is 11.0 Å². The fourth-order valence-electron chi connectivity index (χ4n) is 4.89. The molecule has 0 unspecified atom stereocenters. The lowest BCUT2D eigenvalue weighted by Gasteiger charge is -2.25. The lowest BCUT2D eigenvalue weighted by Crippen LogP contribution is -2.38. The third kappa shape index (κ3) is 4.29. The molecule has 0 aliphatic heterocycles. The van der Waals surface area contributed by atoms with Gasteiger partial charge in [0.15, 0.2) is 0 Å². The predicted molar refractivity (Wildman–Crippen MR) is 112 cm³/mol. The highest BCUT2D eigenvalue weighted by molar-refractivity contribution is 5.85. The van der Waals surface area contributed by atoms with Gasteiger partial charge in [-0.15, -0.1) is 0 Å². The van der Waals surface area contributed by atoms with Crippen LogP contribution >= 0.6 is 0 Å². The summed E-state index contributed by atoms with van der Waals surface area (Å²) < 4.78 is 1.47. The maximum Gasteiger partial charge on any atom is 0.280 e. The van der Waals surface area contributed by atoms with E-state index in [9.17, 15) is 9.59 Å². The third-order valence-corrected chi connectivity index (χ3v) is 6.46. The normalized spacial score (nSPS) is 19.4. The Hall–Kier alpha value is -2.17. The van der Waals surface area contributed by atoms with Crippen molar-refractivity contribution in [3.05, 3.63) is 40.4 Å². The summed E-state index contributed by atoms with van der Waals surface area (Å²) in [6.07, 6.45) is 13.3. The Morgan fingerprint density at radius 3 is 2.36 bits per heavy atom. The quantitative estimate of drug-likeness (QED) is 0.768. The van der Waals surface area contributed by atoms with Crippen LogP contribution in [0, 0.1) is 5.92 Å². The van der Waals surface area contributed by atoms with Crippen LogP contribution in [0.2, 0.25) is 0 Å². The number of carbonyl (C=O) groups is 1. The number of hydrogen-bond donors (Lipinski definition) is 1. The van der Waals surface area contributed by atoms with E-state index in [4.69, 9.17) is 4.98 Å². The largest absolute Gasteiger partial charge is 0.280 e. The highest BCUT2D eigenvalue weighted by atomic mass is 16.2. The third-order valence-electron chi connectivity index (χ3n) is 6.46. The van der Waals surface area contributed by atoms with Crippen LogP contribution in [-0.2, 0) is 4.79 Å². The zero-order valence-corrected chi connectivity index (χ0v) is 16.7. The Morgan fingerprint density at radius 2 is 1.61 bits per heavy atom. The number of rotatable bonds is 4. The number of carbonyl (C=O) groups excluding carboxylic acids is 1. The Bertz CT molecular complexity index is 875. The summed E-state index contributed by atoms with van der Waals surface area (Å²) >= 11 is 0. The van der Waals surface area contributed by atoms with Gasteiger partial charge >= 0.3 is 0 Å². The Labute approximate surface area is 166 Å². The second kappa shape index (κ2) is 8.89. The van der Waals surface area contributed by atoms with E-state index in [0.717, 1.165) is 49.9 Å². The highest BCUT2D eigenvalue weighted by Crippen LogP contribution is 2.31. The summed E-state index contributed by atoms with van der Waals surface area (Å²) in [6.45, 7) is 0. The van der Waals surface area contributed by atoms with Gasteiger partial charge in [-0.1, -0.05) is 57.1 Å². The lowest BCUT2D eigenvalue weighted by molar-refractivity contribution is -0.118. The second-order valence-electron chi connectivity index (χ2n) is 8.56. The number of hydrogen-bond acceptors (Lipinski definition) is 3. The molecular weight excluding hydrogens is 350 g/mol. The zero-order valence-electron chi connectivity index (χ0n) is 16.7. The van der Waals surface area contributed by atoms with Crippen molar-refractivity contribution in [3.8, 4) is 0 Å². The van der Waals surface area contributed by atoms with Crippen molar-refractivity contribution in [1.29, 1.82) is 0 Å². The van der Waals surface area contributed by atoms with Crippen molar-refractivity contribution in [2.45, 2.75) is 83.0 Å². The molecule has 0 bridgehead atoms. The molecule has 2 aliphatic rings. The molecule has 0 saturated heterocycles. The molecule has 1 aromatic heterocycles. The lowest BCUT2D eigenvalue weighted by atomic mass is 9.88. The molecule has 1 heterocycles. The van der Waals surface area contributed by atoms with Crippen molar-refractivity contribution in [2.24, 2.45) is 5.92 Å². The van der Waals surface area contributed by atoms with Crippen LogP contribution in [0.4, 0.5) is 0 Å². The van der Waals surface area contributed by atoms with Crippen molar-refractivity contribution < 1.29 is 4.79 Å². The van der Waals surface area contributed by atoms with E-state index in [1.807, 2.05) is 18.2 Å². The molecule has 2 saturated carbocycles. The minimum Gasteiger partial charge on any atom is -0.273 e. The van der Waals surface area contributed by atoms with E-state index in [1.54, 1.807) is 6.07 Å². The SMILES string of the molecule is O=C(CC1CCCCCC1)Nn1c(C2CCCCC2)nc2ccccc2c1=O. The number of nitrogens with zero attached hydrogens (tertiary/aromatic N) is 2. The van der Waals surface area contributed by atoms with E-state index >= 15 is 0 Å². The summed E-state index contributed by atoms with van der Waals surface area (Å²) in [7, 11) is 0. The molecule has 5 nitrogen and oxygen atoms in total. The number of para-hydroxylation sites is 1. The molecule has 0 atom stereocenters. The smallest absolute Gasteiger partial charge is 0.273 e. The van der Waals surface area contributed by atoms with Crippen LogP contribution in [0.15, 0.2) is 29.1 Å². The first-order chi connectivity index (χ1) is 13.7. The van der Waals surface area contributed by atoms with Crippen molar-refractivity contribution >= 4 is 16.8 Å². The standard InChI is InChI=1S/C23H31N3O2/c27-21(16-17-10-4-1-2-5-11-17)25-26-22(18-12-6-3-7-13-18)24-20-15-9-8-14-19(20)23(26)28/h8-9,14-15,17-18H,1-7,10-13,16H2,(H,25,27). The minimum atomic E-state index is -0.152. The molecule has 0 radical (unpaired) electrons. The Kier molecular flexibility index (Phi) is 6.08. The van der Waals surface area contributed by atoms with Crippen molar-refractivity contribution in [1.82, 2.24) is 9.66 Å². The average Bonchev–Trinajstić information content (AvgIpc) is 2.99. The van der Waals surface area contributed by atoms with Gasteiger partial charge in [0.05, 0.1) is 10.9 Å². The summed E-state index contributed by atoms with van der Waals surface area (Å²) in [5.74, 6) is 1.36. The number of nitrogens with one attached hydrogen (secondary N) is 1. The summed E-state index contributed by atoms with van der Waals surface area (Å²) in [5.41, 5.74) is 3.51. The van der Waals surface area contributed by atoms with E-state index in [0.29, 0.717) is 17.7 Å². The van der Waals surface area contributed by atoms with E-state index in [-0.39, 0.29) is 17.4 Å². The van der Waals surface area contributed by atoms with Crippen LogP contribution in [0.1, 0.15) is 88.8 Å². The molecule has 5 heteroatoms. The molecule has 2 fully saturated rings. The first-order valence-corrected chi connectivity index (χ1v) is 11.0. The fourth-order valence-corrected chi connectivity index (χ4v) is 4.89. The molecule has 2 aliphatic carbocycles. The maximum atomic E-state index is 13.2. The molecular formula is C23H31N3O2. The molecule has 2 aromatic rings. The van der Waals surface area contributed by atoms with E-state index in [1.165, 1.54) is 36.8 Å². The van der Waals surface area contributed by atoms with Crippen LogP contribution in [0.5, 0.6) is 0 Å². The van der Waals surface area contributed by atoms with Gasteiger partial charge in [-0.25, -0.2) is 9.66 Å². The van der Waals surface area contributed by atoms with Crippen LogP contribution in [-0.4, -0.2) is 15.6 Å². The molecule has 0 spiro atoms. The number of aromatic nitrogens is 2. The Morgan fingerprint density at radius 1 is 0.964 bits per heavy atom. The predicted octanol–water partition coefficient (Wildman–Crippen LogP) is 4.87. The van der Waals surface area contributed by atoms with Gasteiger partial charge in [0, 0.05) is 12.3 Å². The number of amides is 1. The molecule has 1 aromatic carbocycles. The average molecular weight is 382 g/mol. The van der Waals surface area contributed by atoms with Crippen LogP contribution in [0.3, 0.4) is 0 Å². The van der Waals surface area contributed by atoms with Crippen LogP contribution in [0.25, 0.3) is 10.9 Å². The molecule has 1 N–H and O–H groups in total. The first kappa shape index (κ1) is 19.2. The number of fused-ring (bicyclic) bond motifs is 1. The molecule has 1 amide bonds. The molecule has 150 valence electrons. The molecule has 28 heavy (non-hydrogen) atoms. The summed E-state index contributed by atoms with van der Waals surface area (Å²) in [4.78, 5) is 30.8. The van der Waals surface area contributed by atoms with Crippen molar-refractivity contribution in [2.75, 3.05) is 5.43 Å². The maximum absolute atomic E-state index is 13.2. The van der Waals surface area contributed by atoms with Gasteiger partial charge in [-0.3, -0.25) is 15.0 Å². The van der Waals surface area contributed by atoms with E-state index in [2.05, 4.69) is 5.43 Å². The summed E-state index contributed by atoms with van der Waals surface area (Å²) in [5, 5.41) is 0.567. The van der Waals surface area contributed by atoms with Gasteiger partial charge < -0.3 is 0 Å². The molecule has 4 rings (SSSR count). The van der Waals surface area contributed by atoms with Gasteiger partial charge in [-0.05, 0) is 43.7 Å². The minimum absolute atomic E-state index is 0.0526. The topological polar surface area (TPSA) is 64.0 Å². The second-order valence-corrected chi connectivity index (χ2v) is 8.56. The fraction of sp³-hybridized carbons (Fsp3) is 0.609. The summed E-state index contributed by atoms with van der Waals surface area (Å²) in [6, 6.07) is 7.45. The monoisotopic (exact) mass is 381 g/mol. The van der Waals surface area contributed by atoms with Gasteiger partial charge in [-0.2, -0.15) is 0 Å². The first-order valence-electron chi connectivity index (χ1n) is 11.0.